The van der Waals surface area contributed by atoms with Crippen LogP contribution < -0.4 is 0 Å². The highest BCUT2D eigenvalue weighted by atomic mass is 16.2. The van der Waals surface area contributed by atoms with Crippen molar-refractivity contribution in [2.24, 2.45) is 0 Å². The van der Waals surface area contributed by atoms with Crippen molar-refractivity contribution in [2.75, 3.05) is 26.2 Å². The topological polar surface area (TPSA) is 41.4 Å². The molecule has 0 saturated carbocycles. The molecule has 0 radical (unpaired) electrons. The van der Waals surface area contributed by atoms with Gasteiger partial charge in [0.25, 0.3) is 5.91 Å². The largest absolute Gasteiger partial charge is 0.334 e. The Bertz CT molecular complexity index is 557. The summed E-state index contributed by atoms with van der Waals surface area (Å²) in [6.07, 6.45) is 3.82. The predicted octanol–water partition coefficient (Wildman–Crippen LogP) is 2.26. The molecule has 122 valence electrons. The van der Waals surface area contributed by atoms with Gasteiger partial charge in [-0.25, -0.2) is 0 Å². The van der Waals surface area contributed by atoms with Crippen molar-refractivity contribution in [2.45, 2.75) is 58.5 Å². The van der Waals surface area contributed by atoms with Crippen LogP contribution in [-0.4, -0.2) is 57.7 Å². The number of carbonyl (C=O) groups excluding carboxylic acids is 1. The molecule has 1 aromatic rings. The molecule has 2 fully saturated rings. The minimum Gasteiger partial charge on any atom is -0.334 e. The van der Waals surface area contributed by atoms with Crippen LogP contribution in [0.1, 0.15) is 56.2 Å². The molecule has 0 aromatic carbocycles. The number of nitrogens with zero attached hydrogens (tertiary/aromatic N) is 4. The van der Waals surface area contributed by atoms with Crippen molar-refractivity contribution in [3.8, 4) is 0 Å². The van der Waals surface area contributed by atoms with E-state index in [1.165, 1.54) is 25.8 Å². The average Bonchev–Trinajstić information content (AvgIpc) is 2.88. The van der Waals surface area contributed by atoms with Crippen LogP contribution >= 0.6 is 0 Å². The second kappa shape index (κ2) is 5.69. The van der Waals surface area contributed by atoms with Crippen molar-refractivity contribution in [3.63, 3.8) is 0 Å². The lowest BCUT2D eigenvalue weighted by atomic mass is 9.99. The van der Waals surface area contributed by atoms with Gasteiger partial charge in [-0.1, -0.05) is 6.42 Å². The molecular formula is C17H28N4O. The van der Waals surface area contributed by atoms with E-state index in [1.807, 2.05) is 22.6 Å². The molecule has 2 aliphatic rings. The first kappa shape index (κ1) is 15.5. The van der Waals surface area contributed by atoms with E-state index in [4.69, 9.17) is 0 Å². The summed E-state index contributed by atoms with van der Waals surface area (Å²) >= 11 is 0. The van der Waals surface area contributed by atoms with E-state index in [2.05, 4.69) is 30.8 Å². The minimum atomic E-state index is -0.0926. The van der Waals surface area contributed by atoms with Gasteiger partial charge in [0.15, 0.2) is 5.69 Å². The number of hydrogen-bond donors (Lipinski definition) is 0. The van der Waals surface area contributed by atoms with Crippen molar-refractivity contribution in [1.29, 1.82) is 0 Å². The Morgan fingerprint density at radius 2 is 2.00 bits per heavy atom. The summed E-state index contributed by atoms with van der Waals surface area (Å²) in [5.74, 6) is 0.0938. The van der Waals surface area contributed by atoms with Crippen LogP contribution in [0.15, 0.2) is 6.07 Å². The first-order chi connectivity index (χ1) is 10.4. The maximum atomic E-state index is 12.8. The third-order valence-electron chi connectivity index (χ3n) is 4.87. The van der Waals surface area contributed by atoms with Crippen LogP contribution in [0, 0.1) is 6.92 Å². The van der Waals surface area contributed by atoms with E-state index < -0.39 is 0 Å². The summed E-state index contributed by atoms with van der Waals surface area (Å²) in [5.41, 5.74) is 1.55. The van der Waals surface area contributed by atoms with Gasteiger partial charge in [-0.15, -0.1) is 0 Å². The summed E-state index contributed by atoms with van der Waals surface area (Å²) in [7, 11) is 0. The van der Waals surface area contributed by atoms with Gasteiger partial charge in [-0.05, 0) is 53.1 Å². The van der Waals surface area contributed by atoms with Crippen molar-refractivity contribution >= 4 is 5.91 Å². The second-order valence-corrected chi connectivity index (χ2v) is 7.69. The van der Waals surface area contributed by atoms with E-state index in [-0.39, 0.29) is 11.4 Å². The lowest BCUT2D eigenvalue weighted by Gasteiger charge is -2.43. The van der Waals surface area contributed by atoms with Crippen molar-refractivity contribution in [3.05, 3.63) is 17.5 Å². The van der Waals surface area contributed by atoms with Crippen LogP contribution in [-0.2, 0) is 5.54 Å². The van der Waals surface area contributed by atoms with E-state index in [9.17, 15) is 4.79 Å². The molecule has 2 aliphatic heterocycles. The van der Waals surface area contributed by atoms with Gasteiger partial charge in [-0.2, -0.15) is 5.10 Å². The maximum absolute atomic E-state index is 12.8. The van der Waals surface area contributed by atoms with Gasteiger partial charge >= 0.3 is 0 Å². The van der Waals surface area contributed by atoms with Gasteiger partial charge in [0.2, 0.25) is 0 Å². The molecule has 1 aromatic heterocycles. The van der Waals surface area contributed by atoms with E-state index in [1.54, 1.807) is 0 Å². The highest BCUT2D eigenvalue weighted by Gasteiger charge is 2.32. The number of fused-ring (bicyclic) bond motifs is 1. The zero-order valence-corrected chi connectivity index (χ0v) is 14.3. The highest BCUT2D eigenvalue weighted by molar-refractivity contribution is 5.92. The fraction of sp³-hybridized carbons (Fsp3) is 0.765. The number of piperazine rings is 1. The minimum absolute atomic E-state index is 0.0926. The first-order valence-corrected chi connectivity index (χ1v) is 8.47. The molecule has 22 heavy (non-hydrogen) atoms. The van der Waals surface area contributed by atoms with Crippen molar-refractivity contribution in [1.82, 2.24) is 19.6 Å². The summed E-state index contributed by atoms with van der Waals surface area (Å²) in [4.78, 5) is 17.3. The molecule has 1 atom stereocenters. The van der Waals surface area contributed by atoms with Crippen molar-refractivity contribution < 1.29 is 4.79 Å². The number of aromatic nitrogens is 2. The van der Waals surface area contributed by atoms with Gasteiger partial charge in [0.05, 0.1) is 5.54 Å². The second-order valence-electron chi connectivity index (χ2n) is 7.69. The molecule has 3 heterocycles. The Hall–Kier alpha value is -1.36. The van der Waals surface area contributed by atoms with Gasteiger partial charge in [0.1, 0.15) is 0 Å². The Labute approximate surface area is 133 Å². The summed E-state index contributed by atoms with van der Waals surface area (Å²) in [6, 6.07) is 2.48. The summed E-state index contributed by atoms with van der Waals surface area (Å²) < 4.78 is 1.96. The van der Waals surface area contributed by atoms with E-state index >= 15 is 0 Å². The normalized spacial score (nSPS) is 23.5. The standard InChI is InChI=1S/C17H28N4O/c1-13-11-15(18-21(13)17(2,3)4)16(22)20-10-9-19-8-6-5-7-14(19)12-20/h11,14H,5-10,12H2,1-4H3/t14-/m0/s1. The van der Waals surface area contributed by atoms with Crippen LogP contribution in [0.25, 0.3) is 0 Å². The Kier molecular flexibility index (Phi) is 4.02. The molecule has 3 rings (SSSR count). The van der Waals surface area contributed by atoms with Crippen LogP contribution in [0.3, 0.4) is 0 Å². The summed E-state index contributed by atoms with van der Waals surface area (Å²) in [5, 5.41) is 4.57. The molecular weight excluding hydrogens is 276 g/mol. The number of aryl methyl sites for hydroxylation is 1. The third kappa shape index (κ3) is 2.91. The van der Waals surface area contributed by atoms with E-state index in [0.29, 0.717) is 11.7 Å². The number of carbonyl (C=O) groups is 1. The monoisotopic (exact) mass is 304 g/mol. The van der Waals surface area contributed by atoms with E-state index in [0.717, 1.165) is 25.3 Å². The molecule has 0 N–H and O–H groups in total. The summed E-state index contributed by atoms with van der Waals surface area (Å²) in [6.45, 7) is 12.3. The van der Waals surface area contributed by atoms with Gasteiger partial charge < -0.3 is 4.90 Å². The third-order valence-corrected chi connectivity index (χ3v) is 4.87. The highest BCUT2D eigenvalue weighted by Crippen LogP contribution is 2.23. The lowest BCUT2D eigenvalue weighted by molar-refractivity contribution is 0.0367. The van der Waals surface area contributed by atoms with Gasteiger partial charge in [0, 0.05) is 31.4 Å². The van der Waals surface area contributed by atoms with Crippen LogP contribution in [0.4, 0.5) is 0 Å². The molecule has 2 saturated heterocycles. The average molecular weight is 304 g/mol. The fourth-order valence-electron chi connectivity index (χ4n) is 3.76. The molecule has 5 nitrogen and oxygen atoms in total. The Morgan fingerprint density at radius 3 is 2.68 bits per heavy atom. The zero-order chi connectivity index (χ0) is 15.9. The van der Waals surface area contributed by atoms with Gasteiger partial charge in [-0.3, -0.25) is 14.4 Å². The maximum Gasteiger partial charge on any atom is 0.274 e. The number of piperidine rings is 1. The zero-order valence-electron chi connectivity index (χ0n) is 14.3. The molecule has 5 heteroatoms. The molecule has 0 aliphatic carbocycles. The predicted molar refractivity (Wildman–Crippen MR) is 87.1 cm³/mol. The number of amides is 1. The first-order valence-electron chi connectivity index (χ1n) is 8.47. The number of rotatable bonds is 1. The SMILES string of the molecule is Cc1cc(C(=O)N2CCN3CCCC[C@H]3C2)nn1C(C)(C)C. The number of hydrogen-bond acceptors (Lipinski definition) is 3. The van der Waals surface area contributed by atoms with Crippen LogP contribution in [0.5, 0.6) is 0 Å². The molecule has 1 amide bonds. The Balaban J connectivity index is 1.74. The lowest BCUT2D eigenvalue weighted by Crippen LogP contribution is -2.56. The molecule has 0 unspecified atom stereocenters. The Morgan fingerprint density at radius 1 is 1.23 bits per heavy atom. The quantitative estimate of drug-likeness (QED) is 0.799. The smallest absolute Gasteiger partial charge is 0.274 e. The van der Waals surface area contributed by atoms with Crippen LogP contribution in [0.2, 0.25) is 0 Å². The molecule has 0 bridgehead atoms. The fourth-order valence-corrected chi connectivity index (χ4v) is 3.76. The molecule has 0 spiro atoms.